The summed E-state index contributed by atoms with van der Waals surface area (Å²) in [4.78, 5) is 13.9. The smallest absolute Gasteiger partial charge is 0.223 e. The molecular weight excluding hydrogens is 212 g/mol. The Kier molecular flexibility index (Phi) is 4.84. The number of hydrogen-bond acceptors (Lipinski definition) is 2. The molecule has 0 aromatic rings. The average Bonchev–Trinajstić information content (AvgIpc) is 2.82. The molecule has 3 nitrogen and oxygen atoms in total. The highest BCUT2D eigenvalue weighted by Crippen LogP contribution is 2.23. The lowest BCUT2D eigenvalue weighted by molar-refractivity contribution is -0.130. The first-order valence-corrected chi connectivity index (χ1v) is 7.27. The summed E-state index contributed by atoms with van der Waals surface area (Å²) in [6, 6.07) is 0.658. The van der Waals surface area contributed by atoms with Gasteiger partial charge in [0.15, 0.2) is 0 Å². The molecule has 1 aliphatic heterocycles. The molecule has 2 atom stereocenters. The standard InChI is InChI=1S/C14H26N2O/c1-12-5-4-6-13(11-12)15-8-7-14(17)16-9-2-3-10-16/h12-13,15H,2-11H2,1H3. The van der Waals surface area contributed by atoms with Crippen LogP contribution in [-0.2, 0) is 4.79 Å². The van der Waals surface area contributed by atoms with Crippen LogP contribution in [0.25, 0.3) is 0 Å². The molecule has 1 saturated heterocycles. The van der Waals surface area contributed by atoms with Gasteiger partial charge in [0.05, 0.1) is 0 Å². The van der Waals surface area contributed by atoms with Crippen LogP contribution >= 0.6 is 0 Å². The lowest BCUT2D eigenvalue weighted by Gasteiger charge is -2.27. The van der Waals surface area contributed by atoms with Crippen molar-refractivity contribution in [1.82, 2.24) is 10.2 Å². The number of carbonyl (C=O) groups excluding carboxylic acids is 1. The predicted molar refractivity (Wildman–Crippen MR) is 69.9 cm³/mol. The molecule has 1 heterocycles. The van der Waals surface area contributed by atoms with E-state index >= 15 is 0 Å². The molecule has 98 valence electrons. The topological polar surface area (TPSA) is 32.3 Å². The molecule has 2 rings (SSSR count). The maximum Gasteiger partial charge on any atom is 0.223 e. The Morgan fingerprint density at radius 2 is 2.00 bits per heavy atom. The highest BCUT2D eigenvalue weighted by atomic mass is 16.2. The number of hydrogen-bond donors (Lipinski definition) is 1. The molecule has 17 heavy (non-hydrogen) atoms. The molecule has 0 bridgehead atoms. The summed E-state index contributed by atoms with van der Waals surface area (Å²) in [5, 5.41) is 3.56. The van der Waals surface area contributed by atoms with Gasteiger partial charge in [-0.25, -0.2) is 0 Å². The van der Waals surface area contributed by atoms with Gasteiger partial charge in [-0.3, -0.25) is 4.79 Å². The van der Waals surface area contributed by atoms with Crippen LogP contribution in [0.3, 0.4) is 0 Å². The Morgan fingerprint density at radius 1 is 1.24 bits per heavy atom. The minimum absolute atomic E-state index is 0.346. The summed E-state index contributed by atoms with van der Waals surface area (Å²) in [6.07, 6.45) is 8.38. The van der Waals surface area contributed by atoms with E-state index in [2.05, 4.69) is 12.2 Å². The van der Waals surface area contributed by atoms with Crippen LogP contribution in [0.1, 0.15) is 51.9 Å². The van der Waals surface area contributed by atoms with E-state index in [0.717, 1.165) is 25.6 Å². The maximum atomic E-state index is 11.8. The normalized spacial score (nSPS) is 29.6. The number of amides is 1. The predicted octanol–water partition coefficient (Wildman–Crippen LogP) is 2.17. The molecule has 0 radical (unpaired) electrons. The van der Waals surface area contributed by atoms with Crippen LogP contribution in [0, 0.1) is 5.92 Å². The quantitative estimate of drug-likeness (QED) is 0.814. The minimum atomic E-state index is 0.346. The van der Waals surface area contributed by atoms with Gasteiger partial charge >= 0.3 is 0 Å². The van der Waals surface area contributed by atoms with E-state index < -0.39 is 0 Å². The molecule has 0 spiro atoms. The largest absolute Gasteiger partial charge is 0.343 e. The molecule has 0 aromatic heterocycles. The molecule has 1 amide bonds. The molecule has 3 heteroatoms. The van der Waals surface area contributed by atoms with Crippen LogP contribution < -0.4 is 5.32 Å². The monoisotopic (exact) mass is 238 g/mol. The second-order valence-corrected chi connectivity index (χ2v) is 5.76. The van der Waals surface area contributed by atoms with Crippen molar-refractivity contribution in [3.63, 3.8) is 0 Å². The Balaban J connectivity index is 1.60. The van der Waals surface area contributed by atoms with Crippen LogP contribution in [0.15, 0.2) is 0 Å². The summed E-state index contributed by atoms with van der Waals surface area (Å²) >= 11 is 0. The summed E-state index contributed by atoms with van der Waals surface area (Å²) in [7, 11) is 0. The summed E-state index contributed by atoms with van der Waals surface area (Å²) in [5.74, 6) is 1.20. The second kappa shape index (κ2) is 6.39. The molecule has 2 unspecified atom stereocenters. The highest BCUT2D eigenvalue weighted by Gasteiger charge is 2.20. The van der Waals surface area contributed by atoms with E-state index in [9.17, 15) is 4.79 Å². The molecule has 2 fully saturated rings. The van der Waals surface area contributed by atoms with E-state index in [1.807, 2.05) is 4.90 Å². The fourth-order valence-electron chi connectivity index (χ4n) is 3.13. The summed E-state index contributed by atoms with van der Waals surface area (Å²) in [5.41, 5.74) is 0. The number of carbonyl (C=O) groups is 1. The van der Waals surface area contributed by atoms with Crippen molar-refractivity contribution in [2.75, 3.05) is 19.6 Å². The van der Waals surface area contributed by atoms with Gasteiger partial charge in [0.1, 0.15) is 0 Å². The Morgan fingerprint density at radius 3 is 2.71 bits per heavy atom. The first kappa shape index (κ1) is 12.9. The van der Waals surface area contributed by atoms with Crippen molar-refractivity contribution in [2.24, 2.45) is 5.92 Å². The molecular formula is C14H26N2O. The van der Waals surface area contributed by atoms with Gasteiger partial charge in [0, 0.05) is 32.1 Å². The van der Waals surface area contributed by atoms with Crippen molar-refractivity contribution >= 4 is 5.91 Å². The van der Waals surface area contributed by atoms with Crippen molar-refractivity contribution in [2.45, 2.75) is 57.9 Å². The zero-order valence-corrected chi connectivity index (χ0v) is 11.1. The number of likely N-dealkylation sites (tertiary alicyclic amines) is 1. The number of nitrogens with zero attached hydrogens (tertiary/aromatic N) is 1. The number of rotatable bonds is 4. The lowest BCUT2D eigenvalue weighted by atomic mass is 9.87. The zero-order chi connectivity index (χ0) is 12.1. The number of nitrogens with one attached hydrogen (secondary N) is 1. The molecule has 1 aliphatic carbocycles. The van der Waals surface area contributed by atoms with E-state index in [1.54, 1.807) is 0 Å². The van der Waals surface area contributed by atoms with Gasteiger partial charge in [-0.2, -0.15) is 0 Å². The molecule has 1 N–H and O–H groups in total. The van der Waals surface area contributed by atoms with Crippen LogP contribution in [0.4, 0.5) is 0 Å². The Labute approximate surface area is 105 Å². The first-order valence-electron chi connectivity index (χ1n) is 7.27. The average molecular weight is 238 g/mol. The van der Waals surface area contributed by atoms with Gasteiger partial charge in [0.25, 0.3) is 0 Å². The zero-order valence-electron chi connectivity index (χ0n) is 11.1. The molecule has 2 aliphatic rings. The molecule has 0 aromatic carbocycles. The Bertz CT molecular complexity index is 249. The Hall–Kier alpha value is -0.570. The van der Waals surface area contributed by atoms with Crippen LogP contribution in [0.5, 0.6) is 0 Å². The summed E-state index contributed by atoms with van der Waals surface area (Å²) < 4.78 is 0. The SMILES string of the molecule is CC1CCCC(NCCC(=O)N2CCCC2)C1. The van der Waals surface area contributed by atoms with E-state index in [0.29, 0.717) is 18.4 Å². The third kappa shape index (κ3) is 3.98. The van der Waals surface area contributed by atoms with E-state index in [4.69, 9.17) is 0 Å². The van der Waals surface area contributed by atoms with Gasteiger partial charge < -0.3 is 10.2 Å². The van der Waals surface area contributed by atoms with E-state index in [-0.39, 0.29) is 0 Å². The fourth-order valence-corrected chi connectivity index (χ4v) is 3.13. The third-order valence-corrected chi connectivity index (χ3v) is 4.17. The first-order chi connectivity index (χ1) is 8.25. The van der Waals surface area contributed by atoms with E-state index in [1.165, 1.54) is 38.5 Å². The van der Waals surface area contributed by atoms with Crippen molar-refractivity contribution in [1.29, 1.82) is 0 Å². The third-order valence-electron chi connectivity index (χ3n) is 4.17. The van der Waals surface area contributed by atoms with Gasteiger partial charge in [-0.05, 0) is 31.6 Å². The van der Waals surface area contributed by atoms with Crippen molar-refractivity contribution in [3.05, 3.63) is 0 Å². The maximum absolute atomic E-state index is 11.8. The van der Waals surface area contributed by atoms with Gasteiger partial charge in [-0.15, -0.1) is 0 Å². The fraction of sp³-hybridized carbons (Fsp3) is 0.929. The minimum Gasteiger partial charge on any atom is -0.343 e. The highest BCUT2D eigenvalue weighted by molar-refractivity contribution is 5.76. The molecule has 1 saturated carbocycles. The van der Waals surface area contributed by atoms with Gasteiger partial charge in [-0.1, -0.05) is 19.8 Å². The van der Waals surface area contributed by atoms with Crippen LogP contribution in [-0.4, -0.2) is 36.5 Å². The lowest BCUT2D eigenvalue weighted by Crippen LogP contribution is -2.37. The van der Waals surface area contributed by atoms with Crippen molar-refractivity contribution < 1.29 is 4.79 Å². The van der Waals surface area contributed by atoms with Crippen molar-refractivity contribution in [3.8, 4) is 0 Å². The van der Waals surface area contributed by atoms with Crippen LogP contribution in [0.2, 0.25) is 0 Å². The second-order valence-electron chi connectivity index (χ2n) is 5.76. The summed E-state index contributed by atoms with van der Waals surface area (Å²) in [6.45, 7) is 5.18. The van der Waals surface area contributed by atoms with Gasteiger partial charge in [0.2, 0.25) is 5.91 Å².